The molecule has 10 heteroatoms. The third-order valence-electron chi connectivity index (χ3n) is 4.00. The van der Waals surface area contributed by atoms with Gasteiger partial charge in [0.1, 0.15) is 6.54 Å². The van der Waals surface area contributed by atoms with Gasteiger partial charge < -0.3 is 10.1 Å². The second kappa shape index (κ2) is 10.7. The molecule has 162 valence electrons. The molecule has 30 heavy (non-hydrogen) atoms. The van der Waals surface area contributed by atoms with E-state index in [-0.39, 0.29) is 15.7 Å². The van der Waals surface area contributed by atoms with Crippen molar-refractivity contribution in [2.75, 3.05) is 29.0 Å². The fourth-order valence-electron chi connectivity index (χ4n) is 2.47. The van der Waals surface area contributed by atoms with Crippen LogP contribution < -0.4 is 9.62 Å². The number of benzene rings is 2. The number of nitrogens with one attached hydrogen (secondary N) is 1. The van der Waals surface area contributed by atoms with Crippen LogP contribution >= 0.6 is 23.2 Å². The number of amides is 1. The number of rotatable bonds is 9. The van der Waals surface area contributed by atoms with Crippen molar-refractivity contribution in [1.29, 1.82) is 0 Å². The number of anilines is 2. The fourth-order valence-corrected chi connectivity index (χ4v) is 3.77. The summed E-state index contributed by atoms with van der Waals surface area (Å²) in [4.78, 5) is 24.4. The van der Waals surface area contributed by atoms with Gasteiger partial charge in [0.25, 0.3) is 0 Å². The molecule has 1 N–H and O–H groups in total. The molecule has 0 saturated heterocycles. The van der Waals surface area contributed by atoms with Crippen molar-refractivity contribution >= 4 is 56.5 Å². The summed E-state index contributed by atoms with van der Waals surface area (Å²) in [5, 5.41) is 3.02. The minimum absolute atomic E-state index is 0.104. The van der Waals surface area contributed by atoms with Crippen molar-refractivity contribution in [2.45, 2.75) is 19.8 Å². The molecule has 1 amide bonds. The highest BCUT2D eigenvalue weighted by Gasteiger charge is 2.23. The monoisotopic (exact) mass is 472 g/mol. The Balaban J connectivity index is 2.09. The van der Waals surface area contributed by atoms with Crippen LogP contribution in [0.3, 0.4) is 0 Å². The van der Waals surface area contributed by atoms with Gasteiger partial charge in [-0.3, -0.25) is 9.10 Å². The van der Waals surface area contributed by atoms with Crippen LogP contribution in [0.5, 0.6) is 0 Å². The number of hydrogen-bond donors (Lipinski definition) is 1. The minimum atomic E-state index is -3.81. The third kappa shape index (κ3) is 6.90. The van der Waals surface area contributed by atoms with Gasteiger partial charge in [0, 0.05) is 10.7 Å². The van der Waals surface area contributed by atoms with Crippen molar-refractivity contribution in [3.63, 3.8) is 0 Å². The first kappa shape index (κ1) is 24.0. The molecule has 0 saturated carbocycles. The zero-order valence-electron chi connectivity index (χ0n) is 16.5. The Morgan fingerprint density at radius 2 is 1.77 bits per heavy atom. The van der Waals surface area contributed by atoms with Crippen LogP contribution in [-0.4, -0.2) is 39.7 Å². The number of nitrogens with zero attached hydrogens (tertiary/aromatic N) is 1. The lowest BCUT2D eigenvalue weighted by Crippen LogP contribution is -2.37. The summed E-state index contributed by atoms with van der Waals surface area (Å²) in [6, 6.07) is 10.4. The first-order valence-electron chi connectivity index (χ1n) is 9.11. The van der Waals surface area contributed by atoms with Crippen LogP contribution in [0.2, 0.25) is 10.0 Å². The Hall–Kier alpha value is -2.29. The zero-order valence-corrected chi connectivity index (χ0v) is 18.9. The molecular formula is C20H22Cl2N2O5S. The van der Waals surface area contributed by atoms with Crippen molar-refractivity contribution < 1.29 is 22.7 Å². The zero-order chi connectivity index (χ0) is 22.3. The quantitative estimate of drug-likeness (QED) is 0.432. The lowest BCUT2D eigenvalue weighted by Gasteiger charge is -2.23. The van der Waals surface area contributed by atoms with Crippen molar-refractivity contribution in [1.82, 2.24) is 0 Å². The first-order valence-corrected chi connectivity index (χ1v) is 11.7. The maximum absolute atomic E-state index is 12.4. The Labute approximate surface area is 186 Å². The molecule has 0 spiro atoms. The van der Waals surface area contributed by atoms with Gasteiger partial charge in [0.15, 0.2) is 0 Å². The molecule has 2 aromatic carbocycles. The predicted octanol–water partition coefficient (Wildman–Crippen LogP) is 4.36. The van der Waals surface area contributed by atoms with Crippen LogP contribution in [0.4, 0.5) is 11.4 Å². The van der Waals surface area contributed by atoms with E-state index in [9.17, 15) is 18.0 Å². The van der Waals surface area contributed by atoms with E-state index in [0.717, 1.165) is 23.4 Å². The lowest BCUT2D eigenvalue weighted by molar-refractivity contribution is -0.114. The predicted molar refractivity (Wildman–Crippen MR) is 119 cm³/mol. The Kier molecular flexibility index (Phi) is 8.52. The van der Waals surface area contributed by atoms with E-state index < -0.39 is 28.4 Å². The van der Waals surface area contributed by atoms with Gasteiger partial charge in [0.2, 0.25) is 15.9 Å². The van der Waals surface area contributed by atoms with Gasteiger partial charge in [-0.1, -0.05) is 36.5 Å². The normalized spacial score (nSPS) is 11.1. The molecule has 0 unspecified atom stereocenters. The molecule has 0 aliphatic rings. The molecule has 0 fully saturated rings. The summed E-state index contributed by atoms with van der Waals surface area (Å²) in [6.45, 7) is 1.84. The number of unbranched alkanes of at least 4 members (excludes halogenated alkanes) is 1. The molecule has 0 bridgehead atoms. The van der Waals surface area contributed by atoms with Gasteiger partial charge >= 0.3 is 5.97 Å². The minimum Gasteiger partial charge on any atom is -0.462 e. The smallest absolute Gasteiger partial charge is 0.338 e. The molecule has 2 rings (SSSR count). The highest BCUT2D eigenvalue weighted by atomic mass is 35.5. The Morgan fingerprint density at radius 1 is 1.10 bits per heavy atom. The molecule has 0 aliphatic carbocycles. The van der Waals surface area contributed by atoms with E-state index in [2.05, 4.69) is 5.32 Å². The largest absolute Gasteiger partial charge is 0.462 e. The summed E-state index contributed by atoms with van der Waals surface area (Å²) in [7, 11) is -3.81. The lowest BCUT2D eigenvalue weighted by atomic mass is 10.2. The van der Waals surface area contributed by atoms with Crippen LogP contribution in [0.25, 0.3) is 0 Å². The van der Waals surface area contributed by atoms with Gasteiger partial charge in [-0.05, 0) is 48.9 Å². The number of ether oxygens (including phenoxy) is 1. The number of carbonyl (C=O) groups is 2. The summed E-state index contributed by atoms with van der Waals surface area (Å²) < 4.78 is 30.4. The Bertz CT molecular complexity index is 1010. The molecule has 0 heterocycles. The SMILES string of the molecule is CCCCOC(=O)c1ccc(NC(=O)CN(c2cc(Cl)ccc2Cl)S(C)(=O)=O)cc1. The van der Waals surface area contributed by atoms with E-state index in [4.69, 9.17) is 27.9 Å². The molecule has 2 aromatic rings. The number of esters is 1. The topological polar surface area (TPSA) is 92.8 Å². The van der Waals surface area contributed by atoms with Crippen LogP contribution in [0.1, 0.15) is 30.1 Å². The van der Waals surface area contributed by atoms with Gasteiger partial charge in [-0.15, -0.1) is 0 Å². The van der Waals surface area contributed by atoms with E-state index in [0.29, 0.717) is 17.9 Å². The van der Waals surface area contributed by atoms with Gasteiger partial charge in [-0.25, -0.2) is 13.2 Å². The summed E-state index contributed by atoms with van der Waals surface area (Å²) in [5.74, 6) is -1.03. The summed E-state index contributed by atoms with van der Waals surface area (Å²) >= 11 is 12.0. The fraction of sp³-hybridized carbons (Fsp3) is 0.300. The average Bonchev–Trinajstić information content (AvgIpc) is 2.68. The van der Waals surface area contributed by atoms with Crippen LogP contribution in [0.15, 0.2) is 42.5 Å². The number of carbonyl (C=O) groups excluding carboxylic acids is 2. The summed E-state index contributed by atoms with van der Waals surface area (Å²) in [5.41, 5.74) is 0.857. The molecule has 0 radical (unpaired) electrons. The third-order valence-corrected chi connectivity index (χ3v) is 5.68. The first-order chi connectivity index (χ1) is 14.1. The second-order valence-corrected chi connectivity index (χ2v) is 9.23. The highest BCUT2D eigenvalue weighted by Crippen LogP contribution is 2.30. The second-order valence-electron chi connectivity index (χ2n) is 6.48. The van der Waals surface area contributed by atoms with Gasteiger partial charge in [0.05, 0.1) is 29.1 Å². The number of halogens is 2. The molecule has 0 aliphatic heterocycles. The van der Waals surface area contributed by atoms with Crippen LogP contribution in [0, 0.1) is 0 Å². The van der Waals surface area contributed by atoms with Crippen molar-refractivity contribution in [3.05, 3.63) is 58.1 Å². The molecular weight excluding hydrogens is 451 g/mol. The van der Waals surface area contributed by atoms with Crippen molar-refractivity contribution in [2.24, 2.45) is 0 Å². The van der Waals surface area contributed by atoms with E-state index >= 15 is 0 Å². The number of hydrogen-bond acceptors (Lipinski definition) is 5. The maximum atomic E-state index is 12.4. The van der Waals surface area contributed by atoms with E-state index in [1.54, 1.807) is 0 Å². The maximum Gasteiger partial charge on any atom is 0.338 e. The van der Waals surface area contributed by atoms with Crippen LogP contribution in [-0.2, 0) is 19.6 Å². The van der Waals surface area contributed by atoms with Gasteiger partial charge in [-0.2, -0.15) is 0 Å². The molecule has 0 aromatic heterocycles. The Morgan fingerprint density at radius 3 is 2.37 bits per heavy atom. The highest BCUT2D eigenvalue weighted by molar-refractivity contribution is 7.92. The standard InChI is InChI=1S/C20H22Cl2N2O5S/c1-3-4-11-29-20(26)14-5-8-16(9-6-14)23-19(25)13-24(30(2,27)28)18-12-15(21)7-10-17(18)22/h5-10,12H,3-4,11,13H2,1-2H3,(H,23,25). The summed E-state index contributed by atoms with van der Waals surface area (Å²) in [6.07, 6.45) is 2.67. The molecule has 7 nitrogen and oxygen atoms in total. The van der Waals surface area contributed by atoms with E-state index in [1.807, 2.05) is 6.92 Å². The van der Waals surface area contributed by atoms with E-state index in [1.165, 1.54) is 42.5 Å². The molecule has 0 atom stereocenters. The van der Waals surface area contributed by atoms with Crippen molar-refractivity contribution in [3.8, 4) is 0 Å². The number of sulfonamides is 1. The average molecular weight is 473 g/mol.